The van der Waals surface area contributed by atoms with Crippen molar-refractivity contribution in [3.05, 3.63) is 57.6 Å². The van der Waals surface area contributed by atoms with Crippen LogP contribution in [-0.2, 0) is 19.6 Å². The molecule has 0 aromatic heterocycles. The lowest BCUT2D eigenvalue weighted by molar-refractivity contribution is 0.260. The number of benzene rings is 2. The zero-order valence-electron chi connectivity index (χ0n) is 14.1. The number of hydrogen-bond donors (Lipinski definition) is 2. The van der Waals surface area contributed by atoms with Crippen LogP contribution in [-0.4, -0.2) is 24.4 Å². The molecule has 0 aliphatic carbocycles. The molecular formula is C19H24O4. The number of rotatable bonds is 6. The Morgan fingerprint density at radius 1 is 0.739 bits per heavy atom. The van der Waals surface area contributed by atoms with Crippen molar-refractivity contribution < 1.29 is 19.7 Å². The minimum absolute atomic E-state index is 0.120. The molecule has 124 valence electrons. The van der Waals surface area contributed by atoms with E-state index in [0.29, 0.717) is 16.9 Å². The minimum atomic E-state index is -0.120. The summed E-state index contributed by atoms with van der Waals surface area (Å²) in [4.78, 5) is 0. The highest BCUT2D eigenvalue weighted by Crippen LogP contribution is 2.29. The van der Waals surface area contributed by atoms with Crippen molar-refractivity contribution in [2.75, 3.05) is 14.2 Å². The third-order valence-electron chi connectivity index (χ3n) is 3.98. The van der Waals surface area contributed by atoms with E-state index >= 15 is 0 Å². The molecule has 0 bridgehead atoms. The highest BCUT2D eigenvalue weighted by atomic mass is 16.5. The SMILES string of the molecule is COc1c(C)cc(Cc2cc(CO)c(OC)c(CO)c2)cc1C. The second kappa shape index (κ2) is 7.49. The Hall–Kier alpha value is -2.04. The normalized spacial score (nSPS) is 10.7. The maximum Gasteiger partial charge on any atom is 0.129 e. The Labute approximate surface area is 137 Å². The minimum Gasteiger partial charge on any atom is -0.496 e. The van der Waals surface area contributed by atoms with Crippen LogP contribution in [0.15, 0.2) is 24.3 Å². The van der Waals surface area contributed by atoms with Gasteiger partial charge in [0.25, 0.3) is 0 Å². The summed E-state index contributed by atoms with van der Waals surface area (Å²) in [7, 11) is 3.23. The molecule has 0 atom stereocenters. The summed E-state index contributed by atoms with van der Waals surface area (Å²) in [6.07, 6.45) is 0.718. The van der Waals surface area contributed by atoms with E-state index in [0.717, 1.165) is 28.9 Å². The standard InChI is InChI=1S/C19H24O4/c1-12-5-14(6-13(2)18(12)22-3)7-15-8-16(10-20)19(23-4)17(9-15)11-21/h5-6,8-9,20-21H,7,10-11H2,1-4H3. The average molecular weight is 316 g/mol. The summed E-state index contributed by atoms with van der Waals surface area (Å²) in [5, 5.41) is 19.1. The summed E-state index contributed by atoms with van der Waals surface area (Å²) < 4.78 is 10.7. The number of ether oxygens (including phenoxy) is 2. The van der Waals surface area contributed by atoms with Gasteiger partial charge in [0.1, 0.15) is 11.5 Å². The van der Waals surface area contributed by atoms with Gasteiger partial charge in [-0.3, -0.25) is 0 Å². The van der Waals surface area contributed by atoms with Crippen LogP contribution in [0.3, 0.4) is 0 Å². The van der Waals surface area contributed by atoms with E-state index in [9.17, 15) is 10.2 Å². The van der Waals surface area contributed by atoms with Gasteiger partial charge in [-0.25, -0.2) is 0 Å². The molecule has 2 rings (SSSR count). The van der Waals surface area contributed by atoms with Gasteiger partial charge in [0.2, 0.25) is 0 Å². The molecule has 0 aliphatic rings. The first-order valence-corrected chi connectivity index (χ1v) is 7.58. The zero-order valence-corrected chi connectivity index (χ0v) is 14.1. The number of methoxy groups -OCH3 is 2. The van der Waals surface area contributed by atoms with Gasteiger partial charge in [-0.15, -0.1) is 0 Å². The fraction of sp³-hybridized carbons (Fsp3) is 0.368. The van der Waals surface area contributed by atoms with Gasteiger partial charge in [0.15, 0.2) is 0 Å². The Kier molecular flexibility index (Phi) is 5.64. The molecule has 2 N–H and O–H groups in total. The number of hydrogen-bond acceptors (Lipinski definition) is 4. The average Bonchev–Trinajstić information content (AvgIpc) is 2.53. The van der Waals surface area contributed by atoms with Crippen LogP contribution < -0.4 is 9.47 Å². The van der Waals surface area contributed by atoms with Crippen molar-refractivity contribution in [1.29, 1.82) is 0 Å². The monoisotopic (exact) mass is 316 g/mol. The van der Waals surface area contributed by atoms with E-state index in [1.54, 1.807) is 14.2 Å². The molecule has 2 aromatic carbocycles. The van der Waals surface area contributed by atoms with Crippen LogP contribution in [0.2, 0.25) is 0 Å². The molecule has 0 saturated heterocycles. The molecule has 2 aromatic rings. The Bertz CT molecular complexity index is 644. The molecule has 4 nitrogen and oxygen atoms in total. The van der Waals surface area contributed by atoms with Crippen LogP contribution in [0.25, 0.3) is 0 Å². The fourth-order valence-electron chi connectivity index (χ4n) is 3.13. The lowest BCUT2D eigenvalue weighted by Crippen LogP contribution is -2.01. The largest absolute Gasteiger partial charge is 0.496 e. The van der Waals surface area contributed by atoms with Gasteiger partial charge in [-0.2, -0.15) is 0 Å². The van der Waals surface area contributed by atoms with E-state index in [-0.39, 0.29) is 13.2 Å². The molecule has 0 saturated carbocycles. The van der Waals surface area contributed by atoms with E-state index in [1.807, 2.05) is 26.0 Å². The molecule has 23 heavy (non-hydrogen) atoms. The quantitative estimate of drug-likeness (QED) is 0.860. The molecule has 0 fully saturated rings. The smallest absolute Gasteiger partial charge is 0.129 e. The highest BCUT2D eigenvalue weighted by molar-refractivity contribution is 5.48. The molecule has 0 heterocycles. The lowest BCUT2D eigenvalue weighted by Gasteiger charge is -2.15. The van der Waals surface area contributed by atoms with E-state index in [2.05, 4.69) is 12.1 Å². The van der Waals surface area contributed by atoms with E-state index < -0.39 is 0 Å². The molecular weight excluding hydrogens is 292 g/mol. The Balaban J connectivity index is 2.40. The summed E-state index contributed by atoms with van der Waals surface area (Å²) in [5.41, 5.74) is 5.77. The number of aryl methyl sites for hydroxylation is 2. The fourth-order valence-corrected chi connectivity index (χ4v) is 3.13. The third-order valence-corrected chi connectivity index (χ3v) is 3.98. The summed E-state index contributed by atoms with van der Waals surface area (Å²) >= 11 is 0. The summed E-state index contributed by atoms with van der Waals surface area (Å²) in [6.45, 7) is 3.82. The van der Waals surface area contributed by atoms with Gasteiger partial charge in [0, 0.05) is 11.1 Å². The van der Waals surface area contributed by atoms with Crippen molar-refractivity contribution in [2.24, 2.45) is 0 Å². The Morgan fingerprint density at radius 2 is 1.17 bits per heavy atom. The van der Waals surface area contributed by atoms with Gasteiger partial charge < -0.3 is 19.7 Å². The van der Waals surface area contributed by atoms with Crippen LogP contribution in [0.4, 0.5) is 0 Å². The summed E-state index contributed by atoms with van der Waals surface area (Å²) in [5.74, 6) is 1.47. The van der Waals surface area contributed by atoms with Crippen molar-refractivity contribution in [3.63, 3.8) is 0 Å². The lowest BCUT2D eigenvalue weighted by atomic mass is 9.96. The predicted octanol–water partition coefficient (Wildman–Crippen LogP) is 2.90. The molecule has 0 spiro atoms. The molecule has 0 aliphatic heterocycles. The Morgan fingerprint density at radius 3 is 1.57 bits per heavy atom. The van der Waals surface area contributed by atoms with Crippen LogP contribution >= 0.6 is 0 Å². The van der Waals surface area contributed by atoms with Gasteiger partial charge in [-0.1, -0.05) is 12.1 Å². The van der Waals surface area contributed by atoms with Crippen LogP contribution in [0, 0.1) is 13.8 Å². The molecule has 0 radical (unpaired) electrons. The maximum absolute atomic E-state index is 9.54. The molecule has 4 heteroatoms. The maximum atomic E-state index is 9.54. The van der Waals surface area contributed by atoms with Crippen LogP contribution in [0.1, 0.15) is 33.4 Å². The second-order valence-corrected chi connectivity index (χ2v) is 5.70. The highest BCUT2D eigenvalue weighted by Gasteiger charge is 2.12. The van der Waals surface area contributed by atoms with Gasteiger partial charge in [0.05, 0.1) is 27.4 Å². The predicted molar refractivity (Wildman–Crippen MR) is 90.1 cm³/mol. The molecule has 0 amide bonds. The number of aliphatic hydroxyl groups is 2. The van der Waals surface area contributed by atoms with Gasteiger partial charge in [-0.05, 0) is 54.7 Å². The van der Waals surface area contributed by atoms with Gasteiger partial charge >= 0.3 is 0 Å². The summed E-state index contributed by atoms with van der Waals surface area (Å²) in [6, 6.07) is 8.06. The first-order chi connectivity index (χ1) is 11.0. The van der Waals surface area contributed by atoms with Crippen LogP contribution in [0.5, 0.6) is 11.5 Å². The van der Waals surface area contributed by atoms with E-state index in [4.69, 9.17) is 9.47 Å². The van der Waals surface area contributed by atoms with Crippen molar-refractivity contribution >= 4 is 0 Å². The van der Waals surface area contributed by atoms with E-state index in [1.165, 1.54) is 5.56 Å². The number of aliphatic hydroxyl groups excluding tert-OH is 2. The third kappa shape index (κ3) is 3.66. The second-order valence-electron chi connectivity index (χ2n) is 5.70. The first kappa shape index (κ1) is 17.3. The van der Waals surface area contributed by atoms with Crippen molar-refractivity contribution in [3.8, 4) is 11.5 Å². The van der Waals surface area contributed by atoms with Crippen molar-refractivity contribution in [2.45, 2.75) is 33.5 Å². The van der Waals surface area contributed by atoms with Crippen molar-refractivity contribution in [1.82, 2.24) is 0 Å². The first-order valence-electron chi connectivity index (χ1n) is 7.58. The topological polar surface area (TPSA) is 58.9 Å². The zero-order chi connectivity index (χ0) is 17.0. The molecule has 0 unspecified atom stereocenters.